The Bertz CT molecular complexity index is 1060. The zero-order valence-corrected chi connectivity index (χ0v) is 13.8. The van der Waals surface area contributed by atoms with Crippen molar-refractivity contribution < 1.29 is 4.42 Å². The van der Waals surface area contributed by atoms with Crippen LogP contribution >= 0.6 is 23.4 Å². The van der Waals surface area contributed by atoms with Gasteiger partial charge in [0.25, 0.3) is 5.56 Å². The maximum absolute atomic E-state index is 12.0. The standard InChI is InChI=1S/C16H11ClN4O2S/c17-11-4-1-3-10(7-11)9-24-16-19-18-15(22)13-8-12(20-21(13)16)14-5-2-6-23-14/h1-8H,9H2,(H,18,22). The van der Waals surface area contributed by atoms with Crippen LogP contribution in [0.5, 0.6) is 0 Å². The first kappa shape index (κ1) is 15.0. The van der Waals surface area contributed by atoms with Gasteiger partial charge in [0.1, 0.15) is 11.2 Å². The zero-order valence-electron chi connectivity index (χ0n) is 12.3. The topological polar surface area (TPSA) is 76.2 Å². The minimum absolute atomic E-state index is 0.299. The number of hydrogen-bond acceptors (Lipinski definition) is 5. The highest BCUT2D eigenvalue weighted by Crippen LogP contribution is 2.24. The summed E-state index contributed by atoms with van der Waals surface area (Å²) >= 11 is 7.46. The molecule has 3 heterocycles. The Hall–Kier alpha value is -2.51. The van der Waals surface area contributed by atoms with Gasteiger partial charge in [-0.25, -0.2) is 9.61 Å². The highest BCUT2D eigenvalue weighted by Gasteiger charge is 2.13. The number of rotatable bonds is 4. The molecule has 3 aromatic heterocycles. The normalized spacial score (nSPS) is 11.2. The molecule has 0 unspecified atom stereocenters. The summed E-state index contributed by atoms with van der Waals surface area (Å²) in [5.74, 6) is 1.26. The molecule has 0 saturated heterocycles. The Morgan fingerprint density at radius 3 is 2.96 bits per heavy atom. The van der Waals surface area contributed by atoms with Crippen LogP contribution in [0.2, 0.25) is 5.02 Å². The molecule has 4 rings (SSSR count). The molecule has 24 heavy (non-hydrogen) atoms. The summed E-state index contributed by atoms with van der Waals surface area (Å²) in [5.41, 5.74) is 1.77. The molecule has 8 heteroatoms. The van der Waals surface area contributed by atoms with Crippen molar-refractivity contribution in [3.8, 4) is 11.5 Å². The van der Waals surface area contributed by atoms with E-state index in [1.54, 1.807) is 24.5 Å². The summed E-state index contributed by atoms with van der Waals surface area (Å²) in [5, 5.41) is 12.3. The summed E-state index contributed by atoms with van der Waals surface area (Å²) in [6.45, 7) is 0. The van der Waals surface area contributed by atoms with Crippen molar-refractivity contribution in [1.82, 2.24) is 19.8 Å². The molecule has 0 atom stereocenters. The van der Waals surface area contributed by atoms with Gasteiger partial charge >= 0.3 is 0 Å². The molecule has 1 N–H and O–H groups in total. The van der Waals surface area contributed by atoms with E-state index >= 15 is 0 Å². The third-order valence-electron chi connectivity index (χ3n) is 3.41. The average molecular weight is 359 g/mol. The van der Waals surface area contributed by atoms with Crippen LogP contribution in [0.15, 0.2) is 63.1 Å². The average Bonchev–Trinajstić information content (AvgIpc) is 3.24. The van der Waals surface area contributed by atoms with Gasteiger partial charge in [-0.1, -0.05) is 35.5 Å². The molecule has 6 nitrogen and oxygen atoms in total. The second-order valence-electron chi connectivity index (χ2n) is 5.06. The monoisotopic (exact) mass is 358 g/mol. The third kappa shape index (κ3) is 2.83. The fraction of sp³-hybridized carbons (Fsp3) is 0.0625. The Labute approximate surface area is 145 Å². The predicted octanol–water partition coefficient (Wildman–Crippen LogP) is 3.62. The number of nitrogens with zero attached hydrogens (tertiary/aromatic N) is 3. The Morgan fingerprint density at radius 1 is 1.25 bits per heavy atom. The van der Waals surface area contributed by atoms with E-state index in [-0.39, 0.29) is 5.56 Å². The molecule has 0 spiro atoms. The lowest BCUT2D eigenvalue weighted by Gasteiger charge is -2.03. The highest BCUT2D eigenvalue weighted by molar-refractivity contribution is 7.98. The minimum Gasteiger partial charge on any atom is -0.463 e. The molecule has 0 radical (unpaired) electrons. The van der Waals surface area contributed by atoms with Gasteiger partial charge in [-0.05, 0) is 29.8 Å². The number of H-pyrrole nitrogens is 1. The number of halogens is 1. The molecule has 120 valence electrons. The van der Waals surface area contributed by atoms with Crippen LogP contribution in [0, 0.1) is 0 Å². The number of aromatic nitrogens is 4. The molecule has 0 aliphatic heterocycles. The van der Waals surface area contributed by atoms with E-state index in [1.165, 1.54) is 16.3 Å². The van der Waals surface area contributed by atoms with Gasteiger partial charge in [-0.15, -0.1) is 5.10 Å². The van der Waals surface area contributed by atoms with Crippen molar-refractivity contribution in [2.75, 3.05) is 0 Å². The molecule has 0 amide bonds. The van der Waals surface area contributed by atoms with E-state index in [0.717, 1.165) is 5.56 Å². The van der Waals surface area contributed by atoms with Crippen LogP contribution in [-0.2, 0) is 5.75 Å². The number of aromatic amines is 1. The van der Waals surface area contributed by atoms with E-state index in [0.29, 0.717) is 32.9 Å². The predicted molar refractivity (Wildman–Crippen MR) is 92.3 cm³/mol. The first-order valence-electron chi connectivity index (χ1n) is 7.10. The van der Waals surface area contributed by atoms with E-state index in [1.807, 2.05) is 24.3 Å². The maximum Gasteiger partial charge on any atom is 0.290 e. The summed E-state index contributed by atoms with van der Waals surface area (Å²) in [6.07, 6.45) is 1.57. The second-order valence-corrected chi connectivity index (χ2v) is 6.44. The van der Waals surface area contributed by atoms with Crippen molar-refractivity contribution in [2.45, 2.75) is 10.9 Å². The number of thioether (sulfide) groups is 1. The van der Waals surface area contributed by atoms with Crippen LogP contribution in [0.25, 0.3) is 17.0 Å². The maximum atomic E-state index is 12.0. The molecular weight excluding hydrogens is 348 g/mol. The van der Waals surface area contributed by atoms with Gasteiger partial charge in [0.2, 0.25) is 5.16 Å². The Kier molecular flexibility index (Phi) is 3.87. The van der Waals surface area contributed by atoms with Gasteiger partial charge < -0.3 is 4.42 Å². The smallest absolute Gasteiger partial charge is 0.290 e. The molecule has 0 fully saturated rings. The molecular formula is C16H11ClN4O2S. The molecule has 0 aliphatic carbocycles. The summed E-state index contributed by atoms with van der Waals surface area (Å²) in [7, 11) is 0. The number of hydrogen-bond donors (Lipinski definition) is 1. The van der Waals surface area contributed by atoms with E-state index < -0.39 is 0 Å². The van der Waals surface area contributed by atoms with Crippen LogP contribution in [0.4, 0.5) is 0 Å². The number of benzene rings is 1. The van der Waals surface area contributed by atoms with E-state index in [2.05, 4.69) is 15.3 Å². The lowest BCUT2D eigenvalue weighted by atomic mass is 10.2. The quantitative estimate of drug-likeness (QED) is 0.564. The summed E-state index contributed by atoms with van der Waals surface area (Å²) in [4.78, 5) is 12.0. The number of nitrogens with one attached hydrogen (secondary N) is 1. The molecule has 0 aliphatic rings. The fourth-order valence-electron chi connectivity index (χ4n) is 2.30. The second kappa shape index (κ2) is 6.18. The van der Waals surface area contributed by atoms with Crippen LogP contribution in [0.3, 0.4) is 0 Å². The SMILES string of the molecule is O=c1[nH]nc(SCc2cccc(Cl)c2)n2nc(-c3ccco3)cc12. The molecule has 4 aromatic rings. The van der Waals surface area contributed by atoms with Gasteiger partial charge in [0, 0.05) is 16.8 Å². The van der Waals surface area contributed by atoms with E-state index in [9.17, 15) is 4.79 Å². The first-order valence-corrected chi connectivity index (χ1v) is 8.46. The lowest BCUT2D eigenvalue weighted by Crippen LogP contribution is -2.13. The van der Waals surface area contributed by atoms with Gasteiger partial charge in [-0.2, -0.15) is 5.10 Å². The number of fused-ring (bicyclic) bond motifs is 1. The minimum atomic E-state index is -0.299. The third-order valence-corrected chi connectivity index (χ3v) is 4.64. The van der Waals surface area contributed by atoms with Crippen molar-refractivity contribution >= 4 is 28.9 Å². The molecule has 0 bridgehead atoms. The highest BCUT2D eigenvalue weighted by atomic mass is 35.5. The molecule has 1 aromatic carbocycles. The fourth-order valence-corrected chi connectivity index (χ4v) is 3.36. The first-order chi connectivity index (χ1) is 11.7. The van der Waals surface area contributed by atoms with Gasteiger partial charge in [0.05, 0.1) is 6.26 Å². The van der Waals surface area contributed by atoms with Gasteiger partial charge in [0.15, 0.2) is 5.76 Å². The molecule has 0 saturated carbocycles. The number of furan rings is 1. The Morgan fingerprint density at radius 2 is 2.17 bits per heavy atom. The van der Waals surface area contributed by atoms with Crippen molar-refractivity contribution in [3.05, 3.63) is 69.7 Å². The van der Waals surface area contributed by atoms with Crippen molar-refractivity contribution in [3.63, 3.8) is 0 Å². The Balaban J connectivity index is 1.70. The lowest BCUT2D eigenvalue weighted by molar-refractivity contribution is 0.578. The summed E-state index contributed by atoms with van der Waals surface area (Å²) < 4.78 is 6.87. The van der Waals surface area contributed by atoms with Crippen LogP contribution in [-0.4, -0.2) is 19.8 Å². The van der Waals surface area contributed by atoms with Crippen molar-refractivity contribution in [1.29, 1.82) is 0 Å². The van der Waals surface area contributed by atoms with Crippen molar-refractivity contribution in [2.24, 2.45) is 0 Å². The van der Waals surface area contributed by atoms with E-state index in [4.69, 9.17) is 16.0 Å². The van der Waals surface area contributed by atoms with Gasteiger partial charge in [-0.3, -0.25) is 4.79 Å². The zero-order chi connectivity index (χ0) is 16.5. The summed E-state index contributed by atoms with van der Waals surface area (Å²) in [6, 6.07) is 12.9. The van der Waals surface area contributed by atoms with Crippen LogP contribution in [0.1, 0.15) is 5.56 Å². The van der Waals surface area contributed by atoms with Crippen LogP contribution < -0.4 is 5.56 Å². The largest absolute Gasteiger partial charge is 0.463 e.